The Morgan fingerprint density at radius 1 is 1.06 bits per heavy atom. The van der Waals surface area contributed by atoms with Gasteiger partial charge in [0.05, 0.1) is 4.92 Å². The third-order valence-electron chi connectivity index (χ3n) is 2.45. The number of benzene rings is 2. The molecule has 2 aromatic carbocycles. The maximum Gasteiger partial charge on any atom is 0.269 e. The van der Waals surface area contributed by atoms with Crippen LogP contribution in [0.25, 0.3) is 9.66 Å². The Bertz CT molecular complexity index is 577. The molecule has 0 fully saturated rings. The lowest BCUT2D eigenvalue weighted by molar-refractivity contribution is -0.384. The van der Waals surface area contributed by atoms with Crippen LogP contribution < -0.4 is 0 Å². The highest BCUT2D eigenvalue weighted by molar-refractivity contribution is 14.1. The molecule has 0 heterocycles. The van der Waals surface area contributed by atoms with Crippen molar-refractivity contribution in [3.05, 3.63) is 75.8 Å². The maximum absolute atomic E-state index is 10.6. The molecule has 0 aliphatic rings. The number of nitro benzene ring substituents is 1. The molecule has 0 radical (unpaired) electrons. The van der Waals surface area contributed by atoms with E-state index in [4.69, 9.17) is 0 Å². The molecule has 0 saturated heterocycles. The Balaban J connectivity index is 2.26. The molecule has 18 heavy (non-hydrogen) atoms. The number of nitrogens with zero attached hydrogens (tertiary/aromatic N) is 1. The van der Waals surface area contributed by atoms with Crippen molar-refractivity contribution in [3.63, 3.8) is 0 Å². The molecule has 90 valence electrons. The normalized spacial score (nSPS) is 11.3. The number of hydrogen-bond donors (Lipinski definition) is 0. The van der Waals surface area contributed by atoms with Crippen LogP contribution in [0.2, 0.25) is 0 Å². The lowest BCUT2D eigenvalue weighted by Crippen LogP contribution is -1.87. The quantitative estimate of drug-likeness (QED) is 0.353. The maximum atomic E-state index is 10.6. The van der Waals surface area contributed by atoms with Gasteiger partial charge in [-0.15, -0.1) is 0 Å². The second kappa shape index (κ2) is 5.77. The molecule has 0 saturated carbocycles. The molecular formula is C14H10INO2. The summed E-state index contributed by atoms with van der Waals surface area (Å²) in [5.41, 5.74) is 2.20. The number of nitro groups is 1. The molecule has 0 amide bonds. The van der Waals surface area contributed by atoms with Crippen molar-refractivity contribution in [3.8, 4) is 0 Å². The van der Waals surface area contributed by atoms with Gasteiger partial charge in [-0.25, -0.2) is 0 Å². The molecule has 4 heteroatoms. The van der Waals surface area contributed by atoms with Gasteiger partial charge < -0.3 is 0 Å². The zero-order valence-corrected chi connectivity index (χ0v) is 11.6. The average Bonchev–Trinajstić information content (AvgIpc) is 2.40. The van der Waals surface area contributed by atoms with Gasteiger partial charge in [-0.2, -0.15) is 0 Å². The minimum Gasteiger partial charge on any atom is -0.258 e. The standard InChI is InChI=1S/C14H10INO2/c15-14(10-11-4-2-1-3-5-11)12-6-8-13(9-7-12)16(17)18/h1-10H/b14-10-. The van der Waals surface area contributed by atoms with E-state index in [0.717, 1.165) is 14.7 Å². The van der Waals surface area contributed by atoms with E-state index in [1.807, 2.05) is 36.4 Å². The fraction of sp³-hybridized carbons (Fsp3) is 0. The second-order valence-electron chi connectivity index (χ2n) is 3.71. The average molecular weight is 351 g/mol. The van der Waals surface area contributed by atoms with Crippen molar-refractivity contribution in [1.82, 2.24) is 0 Å². The first-order valence-corrected chi connectivity index (χ1v) is 6.42. The van der Waals surface area contributed by atoms with E-state index >= 15 is 0 Å². The molecule has 0 aromatic heterocycles. The summed E-state index contributed by atoms with van der Waals surface area (Å²) in [6, 6.07) is 16.5. The summed E-state index contributed by atoms with van der Waals surface area (Å²) in [5.74, 6) is 0. The van der Waals surface area contributed by atoms with Crippen LogP contribution >= 0.6 is 22.6 Å². The van der Waals surface area contributed by atoms with Crippen LogP contribution in [0.5, 0.6) is 0 Å². The van der Waals surface area contributed by atoms with E-state index in [1.165, 1.54) is 12.1 Å². The van der Waals surface area contributed by atoms with E-state index in [2.05, 4.69) is 22.6 Å². The Kier molecular flexibility index (Phi) is 4.09. The minimum absolute atomic E-state index is 0.114. The third kappa shape index (κ3) is 3.16. The fourth-order valence-corrected chi connectivity index (χ4v) is 2.24. The van der Waals surface area contributed by atoms with Crippen molar-refractivity contribution in [2.75, 3.05) is 0 Å². The molecule has 0 unspecified atom stereocenters. The SMILES string of the molecule is O=[N+]([O-])c1ccc(/C(I)=C/c2ccccc2)cc1. The van der Waals surface area contributed by atoms with Crippen molar-refractivity contribution in [2.45, 2.75) is 0 Å². The molecule has 0 aliphatic heterocycles. The zero-order chi connectivity index (χ0) is 13.0. The summed E-state index contributed by atoms with van der Waals surface area (Å²) in [7, 11) is 0. The fourth-order valence-electron chi connectivity index (χ4n) is 1.52. The first-order valence-electron chi connectivity index (χ1n) is 5.34. The lowest BCUT2D eigenvalue weighted by atomic mass is 10.1. The summed E-state index contributed by atoms with van der Waals surface area (Å²) in [6.07, 6.45) is 2.04. The highest BCUT2D eigenvalue weighted by Crippen LogP contribution is 2.26. The third-order valence-corrected chi connectivity index (χ3v) is 3.38. The van der Waals surface area contributed by atoms with Gasteiger partial charge in [-0.05, 0) is 51.9 Å². The summed E-state index contributed by atoms with van der Waals surface area (Å²) in [4.78, 5) is 10.2. The van der Waals surface area contributed by atoms with Crippen molar-refractivity contribution >= 4 is 37.9 Å². The van der Waals surface area contributed by atoms with Gasteiger partial charge in [0.25, 0.3) is 5.69 Å². The van der Waals surface area contributed by atoms with Gasteiger partial charge in [-0.3, -0.25) is 10.1 Å². The summed E-state index contributed by atoms with van der Waals surface area (Å²) in [5, 5.41) is 10.6. The largest absolute Gasteiger partial charge is 0.269 e. The predicted molar refractivity (Wildman–Crippen MR) is 81.4 cm³/mol. The first-order chi connectivity index (χ1) is 8.66. The predicted octanol–water partition coefficient (Wildman–Crippen LogP) is 4.53. The van der Waals surface area contributed by atoms with Crippen LogP contribution in [-0.2, 0) is 0 Å². The van der Waals surface area contributed by atoms with Crippen molar-refractivity contribution < 1.29 is 4.92 Å². The Labute approximate surface area is 118 Å². The molecule has 0 spiro atoms. The number of rotatable bonds is 3. The number of halogens is 1. The number of hydrogen-bond acceptors (Lipinski definition) is 2. The van der Waals surface area contributed by atoms with E-state index in [9.17, 15) is 10.1 Å². The molecule has 0 aliphatic carbocycles. The highest BCUT2D eigenvalue weighted by Gasteiger charge is 2.05. The monoisotopic (exact) mass is 351 g/mol. The minimum atomic E-state index is -0.391. The van der Waals surface area contributed by atoms with Crippen molar-refractivity contribution in [1.29, 1.82) is 0 Å². The molecular weight excluding hydrogens is 341 g/mol. The lowest BCUT2D eigenvalue weighted by Gasteiger charge is -2.00. The molecule has 2 rings (SSSR count). The molecule has 0 bridgehead atoms. The van der Waals surface area contributed by atoms with Gasteiger partial charge in [0.2, 0.25) is 0 Å². The van der Waals surface area contributed by atoms with Crippen molar-refractivity contribution in [2.24, 2.45) is 0 Å². The van der Waals surface area contributed by atoms with Crippen LogP contribution in [0.3, 0.4) is 0 Å². The molecule has 2 aromatic rings. The smallest absolute Gasteiger partial charge is 0.258 e. The van der Waals surface area contributed by atoms with E-state index in [0.29, 0.717) is 0 Å². The molecule has 0 N–H and O–H groups in total. The first kappa shape index (κ1) is 12.8. The highest BCUT2D eigenvalue weighted by atomic mass is 127. The van der Waals surface area contributed by atoms with Gasteiger partial charge in [0.1, 0.15) is 0 Å². The van der Waals surface area contributed by atoms with Crippen LogP contribution in [0, 0.1) is 10.1 Å². The van der Waals surface area contributed by atoms with Gasteiger partial charge in [0, 0.05) is 15.7 Å². The van der Waals surface area contributed by atoms with Crippen LogP contribution in [-0.4, -0.2) is 4.92 Å². The Morgan fingerprint density at radius 2 is 1.67 bits per heavy atom. The topological polar surface area (TPSA) is 43.1 Å². The zero-order valence-electron chi connectivity index (χ0n) is 9.42. The van der Waals surface area contributed by atoms with Crippen LogP contribution in [0.1, 0.15) is 11.1 Å². The van der Waals surface area contributed by atoms with Crippen LogP contribution in [0.4, 0.5) is 5.69 Å². The van der Waals surface area contributed by atoms with Gasteiger partial charge in [-0.1, -0.05) is 30.3 Å². The second-order valence-corrected chi connectivity index (χ2v) is 4.87. The molecule has 0 atom stereocenters. The summed E-state index contributed by atoms with van der Waals surface area (Å²) >= 11 is 2.23. The molecule has 3 nitrogen and oxygen atoms in total. The Morgan fingerprint density at radius 3 is 2.22 bits per heavy atom. The Hall–Kier alpha value is -1.69. The van der Waals surface area contributed by atoms with Crippen LogP contribution in [0.15, 0.2) is 54.6 Å². The van der Waals surface area contributed by atoms with E-state index in [1.54, 1.807) is 12.1 Å². The van der Waals surface area contributed by atoms with E-state index < -0.39 is 4.92 Å². The number of non-ortho nitro benzene ring substituents is 1. The summed E-state index contributed by atoms with van der Waals surface area (Å²) < 4.78 is 1.05. The summed E-state index contributed by atoms with van der Waals surface area (Å²) in [6.45, 7) is 0. The van der Waals surface area contributed by atoms with Gasteiger partial charge >= 0.3 is 0 Å². The van der Waals surface area contributed by atoms with E-state index in [-0.39, 0.29) is 5.69 Å². The van der Waals surface area contributed by atoms with Gasteiger partial charge in [0.15, 0.2) is 0 Å².